The first-order valence-electron chi connectivity index (χ1n) is 7.39. The van der Waals surface area contributed by atoms with Crippen molar-refractivity contribution in [3.63, 3.8) is 0 Å². The number of hydrogen-bond acceptors (Lipinski definition) is 2. The molecule has 1 aromatic carbocycles. The minimum atomic E-state index is 0.467. The molecule has 1 saturated carbocycles. The van der Waals surface area contributed by atoms with Crippen LogP contribution < -0.4 is 10.1 Å². The van der Waals surface area contributed by atoms with Gasteiger partial charge in [0.15, 0.2) is 0 Å². The van der Waals surface area contributed by atoms with Crippen LogP contribution in [-0.4, -0.2) is 19.2 Å². The van der Waals surface area contributed by atoms with Gasteiger partial charge in [-0.25, -0.2) is 0 Å². The van der Waals surface area contributed by atoms with Crippen LogP contribution in [0.1, 0.15) is 50.0 Å². The second-order valence-electron chi connectivity index (χ2n) is 5.62. The zero-order valence-corrected chi connectivity index (χ0v) is 11.0. The second kappa shape index (κ2) is 5.75. The highest BCUT2D eigenvalue weighted by Gasteiger charge is 2.17. The van der Waals surface area contributed by atoms with Crippen LogP contribution in [0.2, 0.25) is 0 Å². The Labute approximate surface area is 110 Å². The van der Waals surface area contributed by atoms with Crippen molar-refractivity contribution in [2.24, 2.45) is 0 Å². The fourth-order valence-corrected chi connectivity index (χ4v) is 3.17. The van der Waals surface area contributed by atoms with Crippen molar-refractivity contribution in [2.45, 2.75) is 50.5 Å². The summed E-state index contributed by atoms with van der Waals surface area (Å²) in [4.78, 5) is 0. The fourth-order valence-electron chi connectivity index (χ4n) is 3.17. The lowest BCUT2D eigenvalue weighted by atomic mass is 9.90. The van der Waals surface area contributed by atoms with Crippen LogP contribution >= 0.6 is 0 Å². The minimum absolute atomic E-state index is 0.467. The summed E-state index contributed by atoms with van der Waals surface area (Å²) in [5, 5.41) is 3.42. The van der Waals surface area contributed by atoms with Crippen LogP contribution in [0.3, 0.4) is 0 Å². The van der Waals surface area contributed by atoms with E-state index in [0.29, 0.717) is 6.10 Å². The number of piperidine rings is 1. The zero-order chi connectivity index (χ0) is 12.2. The molecule has 1 aliphatic heterocycles. The lowest BCUT2D eigenvalue weighted by Gasteiger charge is -2.23. The monoisotopic (exact) mass is 245 g/mol. The lowest BCUT2D eigenvalue weighted by Crippen LogP contribution is -2.26. The quantitative estimate of drug-likeness (QED) is 0.880. The Morgan fingerprint density at radius 3 is 2.22 bits per heavy atom. The van der Waals surface area contributed by atoms with E-state index in [0.717, 1.165) is 24.8 Å². The highest BCUT2D eigenvalue weighted by molar-refractivity contribution is 5.30. The molecule has 0 amide bonds. The van der Waals surface area contributed by atoms with Crippen molar-refractivity contribution in [1.29, 1.82) is 0 Å². The van der Waals surface area contributed by atoms with Crippen molar-refractivity contribution in [3.8, 4) is 5.75 Å². The first kappa shape index (κ1) is 12.0. The van der Waals surface area contributed by atoms with E-state index in [9.17, 15) is 0 Å². The predicted octanol–water partition coefficient (Wildman–Crippen LogP) is 3.48. The Hall–Kier alpha value is -1.02. The molecule has 0 aromatic heterocycles. The van der Waals surface area contributed by atoms with E-state index in [2.05, 4.69) is 29.6 Å². The third-order valence-corrected chi connectivity index (χ3v) is 4.30. The molecule has 98 valence electrons. The van der Waals surface area contributed by atoms with Gasteiger partial charge in [-0.15, -0.1) is 0 Å². The zero-order valence-electron chi connectivity index (χ0n) is 11.0. The number of nitrogens with one attached hydrogen (secondary N) is 1. The van der Waals surface area contributed by atoms with Gasteiger partial charge in [0, 0.05) is 0 Å². The summed E-state index contributed by atoms with van der Waals surface area (Å²) in [6, 6.07) is 8.85. The van der Waals surface area contributed by atoms with Gasteiger partial charge in [-0.3, -0.25) is 0 Å². The van der Waals surface area contributed by atoms with E-state index in [4.69, 9.17) is 4.74 Å². The summed E-state index contributed by atoms with van der Waals surface area (Å²) < 4.78 is 6.01. The third kappa shape index (κ3) is 2.86. The van der Waals surface area contributed by atoms with Gasteiger partial charge < -0.3 is 10.1 Å². The van der Waals surface area contributed by atoms with Crippen LogP contribution in [0.15, 0.2) is 24.3 Å². The molecule has 0 atom stereocenters. The van der Waals surface area contributed by atoms with Crippen molar-refractivity contribution < 1.29 is 4.74 Å². The second-order valence-corrected chi connectivity index (χ2v) is 5.62. The van der Waals surface area contributed by atoms with Gasteiger partial charge in [0.05, 0.1) is 6.10 Å². The number of ether oxygens (including phenoxy) is 1. The van der Waals surface area contributed by atoms with Crippen molar-refractivity contribution in [2.75, 3.05) is 13.1 Å². The molecule has 0 radical (unpaired) electrons. The summed E-state index contributed by atoms with van der Waals surface area (Å²) in [6.45, 7) is 2.32. The lowest BCUT2D eigenvalue weighted by molar-refractivity contribution is 0.210. The van der Waals surface area contributed by atoms with Gasteiger partial charge in [0.25, 0.3) is 0 Å². The number of hydrogen-bond donors (Lipinski definition) is 1. The molecule has 1 aliphatic carbocycles. The topological polar surface area (TPSA) is 21.3 Å². The molecule has 18 heavy (non-hydrogen) atoms. The molecule has 2 aliphatic rings. The largest absolute Gasteiger partial charge is 0.490 e. The van der Waals surface area contributed by atoms with E-state index < -0.39 is 0 Å². The fraction of sp³-hybridized carbons (Fsp3) is 0.625. The summed E-state index contributed by atoms with van der Waals surface area (Å²) in [7, 11) is 0. The Balaban J connectivity index is 1.60. The summed E-state index contributed by atoms with van der Waals surface area (Å²) in [5.41, 5.74) is 1.48. The highest BCUT2D eigenvalue weighted by Crippen LogP contribution is 2.28. The molecule has 0 bridgehead atoms. The minimum Gasteiger partial charge on any atom is -0.490 e. The van der Waals surface area contributed by atoms with E-state index in [-0.39, 0.29) is 0 Å². The van der Waals surface area contributed by atoms with Crippen LogP contribution in [-0.2, 0) is 0 Å². The van der Waals surface area contributed by atoms with Crippen LogP contribution in [0.4, 0.5) is 0 Å². The van der Waals surface area contributed by atoms with E-state index >= 15 is 0 Å². The van der Waals surface area contributed by atoms with Crippen molar-refractivity contribution in [3.05, 3.63) is 29.8 Å². The SMILES string of the molecule is c1cc(C2CCNCC2)ccc1OC1CCCC1. The Bertz CT molecular complexity index is 361. The maximum atomic E-state index is 6.01. The van der Waals surface area contributed by atoms with Gasteiger partial charge in [-0.2, -0.15) is 0 Å². The van der Waals surface area contributed by atoms with E-state index in [1.54, 1.807) is 0 Å². The maximum absolute atomic E-state index is 6.01. The maximum Gasteiger partial charge on any atom is 0.119 e. The predicted molar refractivity (Wildman–Crippen MR) is 74.2 cm³/mol. The standard InChI is InChI=1S/C16H23NO/c1-2-4-15(3-1)18-16-7-5-13(6-8-16)14-9-11-17-12-10-14/h5-8,14-15,17H,1-4,9-12H2. The Morgan fingerprint density at radius 1 is 0.889 bits per heavy atom. The third-order valence-electron chi connectivity index (χ3n) is 4.30. The first-order chi connectivity index (χ1) is 8.92. The molecule has 0 spiro atoms. The van der Waals surface area contributed by atoms with E-state index in [1.165, 1.54) is 44.1 Å². The Kier molecular flexibility index (Phi) is 3.84. The van der Waals surface area contributed by atoms with Crippen LogP contribution in [0, 0.1) is 0 Å². The van der Waals surface area contributed by atoms with Crippen LogP contribution in [0.25, 0.3) is 0 Å². The molecule has 3 rings (SSSR count). The van der Waals surface area contributed by atoms with Gasteiger partial charge in [0.2, 0.25) is 0 Å². The van der Waals surface area contributed by atoms with Crippen molar-refractivity contribution >= 4 is 0 Å². The average molecular weight is 245 g/mol. The van der Waals surface area contributed by atoms with Gasteiger partial charge >= 0.3 is 0 Å². The molecule has 1 heterocycles. The average Bonchev–Trinajstić information content (AvgIpc) is 2.94. The molecule has 2 fully saturated rings. The normalized spacial score (nSPS) is 22.2. The highest BCUT2D eigenvalue weighted by atomic mass is 16.5. The van der Waals surface area contributed by atoms with E-state index in [1.807, 2.05) is 0 Å². The summed E-state index contributed by atoms with van der Waals surface area (Å²) in [5.74, 6) is 1.80. The summed E-state index contributed by atoms with van der Waals surface area (Å²) in [6.07, 6.45) is 8.13. The smallest absolute Gasteiger partial charge is 0.119 e. The number of rotatable bonds is 3. The van der Waals surface area contributed by atoms with Crippen molar-refractivity contribution in [1.82, 2.24) is 5.32 Å². The molecule has 2 nitrogen and oxygen atoms in total. The summed E-state index contributed by atoms with van der Waals surface area (Å²) >= 11 is 0. The first-order valence-corrected chi connectivity index (χ1v) is 7.39. The molecule has 1 saturated heterocycles. The molecule has 2 heteroatoms. The Morgan fingerprint density at radius 2 is 1.56 bits per heavy atom. The van der Waals surface area contributed by atoms with Gasteiger partial charge in [-0.05, 0) is 75.2 Å². The molecular weight excluding hydrogens is 222 g/mol. The molecule has 1 aromatic rings. The molecule has 0 unspecified atom stereocenters. The van der Waals surface area contributed by atoms with Gasteiger partial charge in [-0.1, -0.05) is 12.1 Å². The molecular formula is C16H23NO. The molecule has 1 N–H and O–H groups in total. The van der Waals surface area contributed by atoms with Gasteiger partial charge in [0.1, 0.15) is 5.75 Å². The van der Waals surface area contributed by atoms with Crippen LogP contribution in [0.5, 0.6) is 5.75 Å². The number of benzene rings is 1.